The lowest BCUT2D eigenvalue weighted by atomic mass is 9.90. The number of hydrogen-bond donors (Lipinski definition) is 0. The third kappa shape index (κ3) is 4.11. The van der Waals surface area contributed by atoms with Crippen LogP contribution in [0.4, 0.5) is 5.13 Å². The van der Waals surface area contributed by atoms with Crippen molar-refractivity contribution in [3.8, 4) is 5.75 Å². The standard InChI is InChI=1S/C24H21N3O2S2/c1-29-19-10-11-21-22(14-19)31-24(26-21)27(25-15-20-7-4-12-30-20)23(28)18-9-8-16-5-2-3-6-17(16)13-18/h4,7-15H,2-3,5-6H2,1H3/b25-15+. The van der Waals surface area contributed by atoms with Crippen LogP contribution in [-0.4, -0.2) is 24.2 Å². The van der Waals surface area contributed by atoms with Crippen molar-refractivity contribution in [1.29, 1.82) is 0 Å². The van der Waals surface area contributed by atoms with Crippen LogP contribution in [0.1, 0.15) is 39.2 Å². The molecular formula is C24H21N3O2S2. The number of amides is 1. The molecule has 0 unspecified atom stereocenters. The fraction of sp³-hybridized carbons (Fsp3) is 0.208. The summed E-state index contributed by atoms with van der Waals surface area (Å²) in [6.45, 7) is 0. The summed E-state index contributed by atoms with van der Waals surface area (Å²) in [5, 5.41) is 8.49. The summed E-state index contributed by atoms with van der Waals surface area (Å²) in [5.74, 6) is 0.588. The molecule has 2 heterocycles. The number of carbonyl (C=O) groups excluding carboxylic acids is 1. The number of anilines is 1. The Morgan fingerprint density at radius 3 is 2.81 bits per heavy atom. The number of hydrogen-bond acceptors (Lipinski definition) is 6. The molecule has 0 atom stereocenters. The number of methoxy groups -OCH3 is 1. The second-order valence-electron chi connectivity index (χ2n) is 7.40. The lowest BCUT2D eigenvalue weighted by Crippen LogP contribution is -2.26. The van der Waals surface area contributed by atoms with Gasteiger partial charge in [-0.2, -0.15) is 10.1 Å². The van der Waals surface area contributed by atoms with Crippen molar-refractivity contribution in [3.05, 3.63) is 75.5 Å². The first-order valence-electron chi connectivity index (χ1n) is 10.2. The van der Waals surface area contributed by atoms with Gasteiger partial charge >= 0.3 is 0 Å². The van der Waals surface area contributed by atoms with E-state index in [1.54, 1.807) is 24.7 Å². The average Bonchev–Trinajstić information content (AvgIpc) is 3.48. The molecule has 5 nitrogen and oxygen atoms in total. The summed E-state index contributed by atoms with van der Waals surface area (Å²) in [6.07, 6.45) is 6.21. The van der Waals surface area contributed by atoms with Crippen molar-refractivity contribution in [2.24, 2.45) is 5.10 Å². The number of thiazole rings is 1. The van der Waals surface area contributed by atoms with Crippen LogP contribution in [0, 0.1) is 0 Å². The molecule has 31 heavy (non-hydrogen) atoms. The first kappa shape index (κ1) is 19.9. The van der Waals surface area contributed by atoms with Gasteiger partial charge in [0.25, 0.3) is 5.91 Å². The molecule has 2 aromatic heterocycles. The van der Waals surface area contributed by atoms with Crippen molar-refractivity contribution in [2.75, 3.05) is 12.1 Å². The van der Waals surface area contributed by atoms with Crippen LogP contribution in [0.3, 0.4) is 0 Å². The van der Waals surface area contributed by atoms with Crippen LogP contribution in [0.15, 0.2) is 59.0 Å². The van der Waals surface area contributed by atoms with Crippen molar-refractivity contribution in [2.45, 2.75) is 25.7 Å². The van der Waals surface area contributed by atoms with Gasteiger partial charge in [0.05, 0.1) is 23.5 Å². The summed E-state index contributed by atoms with van der Waals surface area (Å²) in [6, 6.07) is 15.7. The van der Waals surface area contributed by atoms with E-state index in [0.717, 1.165) is 33.7 Å². The van der Waals surface area contributed by atoms with Gasteiger partial charge in [-0.3, -0.25) is 4.79 Å². The minimum atomic E-state index is -0.174. The molecule has 0 bridgehead atoms. The Balaban J connectivity index is 1.54. The fourth-order valence-electron chi connectivity index (χ4n) is 3.77. The number of thiophene rings is 1. The maximum Gasteiger partial charge on any atom is 0.280 e. The zero-order valence-corrected chi connectivity index (χ0v) is 18.7. The molecule has 0 fully saturated rings. The van der Waals surface area contributed by atoms with E-state index in [0.29, 0.717) is 10.7 Å². The lowest BCUT2D eigenvalue weighted by molar-refractivity contribution is 0.0987. The van der Waals surface area contributed by atoms with Crippen LogP contribution >= 0.6 is 22.7 Å². The monoisotopic (exact) mass is 447 g/mol. The minimum Gasteiger partial charge on any atom is -0.497 e. The number of ether oxygens (including phenoxy) is 1. The van der Waals surface area contributed by atoms with Gasteiger partial charge in [0.2, 0.25) is 5.13 Å². The summed E-state index contributed by atoms with van der Waals surface area (Å²) in [4.78, 5) is 19.2. The number of nitrogens with zero attached hydrogens (tertiary/aromatic N) is 3. The molecule has 0 radical (unpaired) electrons. The summed E-state index contributed by atoms with van der Waals surface area (Å²) in [5.41, 5.74) is 4.08. The molecule has 1 aliphatic rings. The van der Waals surface area contributed by atoms with Gasteiger partial charge in [0.15, 0.2) is 0 Å². The number of hydrazone groups is 1. The quantitative estimate of drug-likeness (QED) is 0.282. The number of aryl methyl sites for hydroxylation is 2. The average molecular weight is 448 g/mol. The number of benzene rings is 2. The van der Waals surface area contributed by atoms with E-state index in [1.165, 1.54) is 40.3 Å². The summed E-state index contributed by atoms with van der Waals surface area (Å²) in [7, 11) is 1.64. The van der Waals surface area contributed by atoms with E-state index in [9.17, 15) is 4.79 Å². The van der Waals surface area contributed by atoms with Crippen LogP contribution < -0.4 is 9.75 Å². The van der Waals surface area contributed by atoms with Crippen LogP contribution in [-0.2, 0) is 12.8 Å². The largest absolute Gasteiger partial charge is 0.497 e. The zero-order chi connectivity index (χ0) is 21.2. The topological polar surface area (TPSA) is 54.8 Å². The first-order valence-corrected chi connectivity index (χ1v) is 11.9. The van der Waals surface area contributed by atoms with Crippen LogP contribution in [0.5, 0.6) is 5.75 Å². The van der Waals surface area contributed by atoms with Gasteiger partial charge in [-0.1, -0.05) is 23.5 Å². The number of aromatic nitrogens is 1. The Labute approximate surface area is 188 Å². The highest BCUT2D eigenvalue weighted by Crippen LogP contribution is 2.33. The van der Waals surface area contributed by atoms with Gasteiger partial charge in [0, 0.05) is 10.4 Å². The third-order valence-electron chi connectivity index (χ3n) is 5.40. The number of carbonyl (C=O) groups is 1. The van der Waals surface area contributed by atoms with Gasteiger partial charge in [-0.15, -0.1) is 11.3 Å². The maximum atomic E-state index is 13.5. The fourth-order valence-corrected chi connectivity index (χ4v) is 5.30. The van der Waals surface area contributed by atoms with E-state index < -0.39 is 0 Å². The second-order valence-corrected chi connectivity index (χ2v) is 9.39. The SMILES string of the molecule is COc1ccc2nc(N(/N=C/c3cccs3)C(=O)c3ccc4c(c3)CCCC4)sc2c1. The summed E-state index contributed by atoms with van der Waals surface area (Å²) < 4.78 is 6.28. The first-order chi connectivity index (χ1) is 15.2. The van der Waals surface area contributed by atoms with Crippen molar-refractivity contribution in [3.63, 3.8) is 0 Å². The second kappa shape index (κ2) is 8.61. The molecular weight excluding hydrogens is 426 g/mol. The molecule has 7 heteroatoms. The lowest BCUT2D eigenvalue weighted by Gasteiger charge is -2.18. The molecule has 4 aromatic rings. The Kier molecular flexibility index (Phi) is 5.53. The maximum absolute atomic E-state index is 13.5. The molecule has 0 saturated heterocycles. The van der Waals surface area contributed by atoms with Gasteiger partial charge in [-0.05, 0) is 78.6 Å². The number of fused-ring (bicyclic) bond motifs is 2. The Morgan fingerprint density at radius 2 is 2.00 bits per heavy atom. The molecule has 5 rings (SSSR count). The minimum absolute atomic E-state index is 0.174. The molecule has 0 aliphatic heterocycles. The molecule has 1 amide bonds. The molecule has 2 aromatic carbocycles. The molecule has 1 aliphatic carbocycles. The van der Waals surface area contributed by atoms with Crippen molar-refractivity contribution in [1.82, 2.24) is 4.98 Å². The Hall–Kier alpha value is -3.03. The van der Waals surface area contributed by atoms with E-state index >= 15 is 0 Å². The highest BCUT2D eigenvalue weighted by atomic mass is 32.1. The van der Waals surface area contributed by atoms with Gasteiger partial charge in [0.1, 0.15) is 5.75 Å². The van der Waals surface area contributed by atoms with E-state index in [-0.39, 0.29) is 5.91 Å². The predicted octanol–water partition coefficient (Wildman–Crippen LogP) is 5.93. The molecule has 0 saturated carbocycles. The van der Waals surface area contributed by atoms with Crippen LogP contribution in [0.25, 0.3) is 10.2 Å². The van der Waals surface area contributed by atoms with E-state index in [2.05, 4.69) is 16.2 Å². The van der Waals surface area contributed by atoms with Gasteiger partial charge < -0.3 is 4.74 Å². The molecule has 0 spiro atoms. The normalized spacial score (nSPS) is 13.5. The Bertz CT molecular complexity index is 1260. The zero-order valence-electron chi connectivity index (χ0n) is 17.1. The molecule has 0 N–H and O–H groups in total. The van der Waals surface area contributed by atoms with Crippen molar-refractivity contribution >= 4 is 50.1 Å². The Morgan fingerprint density at radius 1 is 1.13 bits per heavy atom. The number of rotatable bonds is 5. The van der Waals surface area contributed by atoms with Crippen molar-refractivity contribution < 1.29 is 9.53 Å². The highest BCUT2D eigenvalue weighted by molar-refractivity contribution is 7.22. The van der Waals surface area contributed by atoms with Gasteiger partial charge in [-0.25, -0.2) is 4.98 Å². The highest BCUT2D eigenvalue weighted by Gasteiger charge is 2.22. The predicted molar refractivity (Wildman–Crippen MR) is 128 cm³/mol. The van der Waals surface area contributed by atoms with E-state index in [1.807, 2.05) is 47.8 Å². The smallest absolute Gasteiger partial charge is 0.280 e. The summed E-state index contributed by atoms with van der Waals surface area (Å²) >= 11 is 3.00. The van der Waals surface area contributed by atoms with E-state index in [4.69, 9.17) is 4.74 Å². The molecule has 156 valence electrons. The third-order valence-corrected chi connectivity index (χ3v) is 7.20. The van der Waals surface area contributed by atoms with Crippen LogP contribution in [0.2, 0.25) is 0 Å².